The molecular weight excluding hydrogens is 220 g/mol. The monoisotopic (exact) mass is 236 g/mol. The maximum Gasteiger partial charge on any atom is 0.322 e. The average molecular weight is 236 g/mol. The summed E-state index contributed by atoms with van der Waals surface area (Å²) in [5.41, 5.74) is 6.78. The molecule has 1 aromatic rings. The van der Waals surface area contributed by atoms with E-state index < -0.39 is 0 Å². The number of nitrogens with one attached hydrogen (secondary N) is 2. The van der Waals surface area contributed by atoms with E-state index in [0.717, 1.165) is 0 Å². The first-order valence-corrected chi connectivity index (χ1v) is 5.11. The number of urea groups is 1. The van der Waals surface area contributed by atoms with E-state index in [1.54, 1.807) is 31.3 Å². The first kappa shape index (κ1) is 12.8. The average Bonchev–Trinajstić information content (AvgIpc) is 2.31. The van der Waals surface area contributed by atoms with Crippen molar-refractivity contribution >= 4 is 23.3 Å². The van der Waals surface area contributed by atoms with Crippen LogP contribution in [0.2, 0.25) is 0 Å². The first-order chi connectivity index (χ1) is 8.02. The second-order valence-electron chi connectivity index (χ2n) is 3.58. The molecule has 0 unspecified atom stereocenters. The van der Waals surface area contributed by atoms with E-state index in [1.165, 1.54) is 11.9 Å². The van der Waals surface area contributed by atoms with Gasteiger partial charge in [-0.1, -0.05) is 0 Å². The van der Waals surface area contributed by atoms with Crippen LogP contribution < -0.4 is 16.4 Å². The predicted molar refractivity (Wildman–Crippen MR) is 66.6 cm³/mol. The van der Waals surface area contributed by atoms with Crippen LogP contribution in [-0.4, -0.2) is 37.5 Å². The lowest BCUT2D eigenvalue weighted by Gasteiger charge is -2.16. The summed E-state index contributed by atoms with van der Waals surface area (Å²) in [6.07, 6.45) is 0. The summed E-state index contributed by atoms with van der Waals surface area (Å²) in [5.74, 6) is -0.222. The second kappa shape index (κ2) is 5.74. The van der Waals surface area contributed by atoms with Crippen LogP contribution in [0.1, 0.15) is 0 Å². The third kappa shape index (κ3) is 4.02. The van der Waals surface area contributed by atoms with Crippen molar-refractivity contribution in [1.82, 2.24) is 10.2 Å². The molecule has 1 rings (SSSR count). The van der Waals surface area contributed by atoms with Gasteiger partial charge in [-0.2, -0.15) is 0 Å². The van der Waals surface area contributed by atoms with Crippen molar-refractivity contribution in [3.8, 4) is 0 Å². The fourth-order valence-electron chi connectivity index (χ4n) is 1.15. The summed E-state index contributed by atoms with van der Waals surface area (Å²) >= 11 is 0. The molecule has 0 radical (unpaired) electrons. The number of carbonyl (C=O) groups is 2. The molecule has 0 saturated heterocycles. The van der Waals surface area contributed by atoms with E-state index in [2.05, 4.69) is 10.6 Å². The van der Waals surface area contributed by atoms with Gasteiger partial charge in [0, 0.05) is 25.5 Å². The largest absolute Gasteiger partial charge is 0.399 e. The molecule has 0 aliphatic carbocycles. The van der Waals surface area contributed by atoms with Crippen molar-refractivity contribution in [2.45, 2.75) is 0 Å². The van der Waals surface area contributed by atoms with E-state index in [0.29, 0.717) is 11.4 Å². The van der Waals surface area contributed by atoms with Crippen LogP contribution in [0.5, 0.6) is 0 Å². The zero-order valence-corrected chi connectivity index (χ0v) is 9.86. The lowest BCUT2D eigenvalue weighted by Crippen LogP contribution is -2.39. The van der Waals surface area contributed by atoms with Crippen molar-refractivity contribution in [2.24, 2.45) is 0 Å². The second-order valence-corrected chi connectivity index (χ2v) is 3.58. The van der Waals surface area contributed by atoms with Crippen LogP contribution >= 0.6 is 0 Å². The number of carbonyl (C=O) groups excluding carboxylic acids is 2. The van der Waals surface area contributed by atoms with Gasteiger partial charge < -0.3 is 21.3 Å². The maximum atomic E-state index is 11.7. The highest BCUT2D eigenvalue weighted by Crippen LogP contribution is 2.10. The minimum Gasteiger partial charge on any atom is -0.399 e. The van der Waals surface area contributed by atoms with E-state index >= 15 is 0 Å². The number of likely N-dealkylation sites (N-methyl/N-ethyl adjacent to an activating group) is 2. The fraction of sp³-hybridized carbons (Fsp3) is 0.273. The quantitative estimate of drug-likeness (QED) is 0.667. The number of benzene rings is 1. The van der Waals surface area contributed by atoms with Crippen LogP contribution in [0.25, 0.3) is 0 Å². The molecule has 17 heavy (non-hydrogen) atoms. The van der Waals surface area contributed by atoms with Crippen LogP contribution in [0.3, 0.4) is 0 Å². The molecule has 92 valence electrons. The number of rotatable bonds is 3. The predicted octanol–water partition coefficient (Wildman–Crippen LogP) is 0.479. The van der Waals surface area contributed by atoms with Crippen LogP contribution in [0.4, 0.5) is 16.2 Å². The van der Waals surface area contributed by atoms with E-state index in [1.807, 2.05) is 0 Å². The Balaban J connectivity index is 2.54. The molecule has 0 bridgehead atoms. The van der Waals surface area contributed by atoms with E-state index in [-0.39, 0.29) is 18.5 Å². The number of nitrogen functional groups attached to an aromatic ring is 1. The van der Waals surface area contributed by atoms with Crippen molar-refractivity contribution in [3.05, 3.63) is 24.3 Å². The summed E-state index contributed by atoms with van der Waals surface area (Å²) in [7, 11) is 3.07. The Morgan fingerprint density at radius 2 is 1.88 bits per heavy atom. The molecule has 0 spiro atoms. The SMILES string of the molecule is CNC(=O)CN(C)C(=O)Nc1ccc(N)cc1. The van der Waals surface area contributed by atoms with Gasteiger partial charge >= 0.3 is 6.03 Å². The molecule has 6 nitrogen and oxygen atoms in total. The van der Waals surface area contributed by atoms with Crippen molar-refractivity contribution in [1.29, 1.82) is 0 Å². The molecule has 0 saturated carbocycles. The van der Waals surface area contributed by atoms with Gasteiger partial charge in [-0.25, -0.2) is 4.79 Å². The highest BCUT2D eigenvalue weighted by atomic mass is 16.2. The molecule has 3 amide bonds. The van der Waals surface area contributed by atoms with Crippen molar-refractivity contribution < 1.29 is 9.59 Å². The standard InChI is InChI=1S/C11H16N4O2/c1-13-10(16)7-15(2)11(17)14-9-5-3-8(12)4-6-9/h3-6H,7,12H2,1-2H3,(H,13,16)(H,14,17). The smallest absolute Gasteiger partial charge is 0.322 e. The molecule has 0 aliphatic rings. The number of anilines is 2. The summed E-state index contributed by atoms with van der Waals surface area (Å²) in [6, 6.07) is 6.42. The molecule has 0 heterocycles. The fourth-order valence-corrected chi connectivity index (χ4v) is 1.15. The van der Waals surface area contributed by atoms with Crippen molar-refractivity contribution in [2.75, 3.05) is 31.7 Å². The van der Waals surface area contributed by atoms with Crippen LogP contribution in [0, 0.1) is 0 Å². The number of hydrogen-bond donors (Lipinski definition) is 3. The Morgan fingerprint density at radius 1 is 1.29 bits per heavy atom. The lowest BCUT2D eigenvalue weighted by atomic mass is 10.3. The van der Waals surface area contributed by atoms with Crippen molar-refractivity contribution in [3.63, 3.8) is 0 Å². The third-order valence-electron chi connectivity index (χ3n) is 2.17. The number of hydrogen-bond acceptors (Lipinski definition) is 3. The normalized spacial score (nSPS) is 9.53. The van der Waals surface area contributed by atoms with Gasteiger partial charge in [-0.05, 0) is 24.3 Å². The number of nitrogens with zero attached hydrogens (tertiary/aromatic N) is 1. The molecular formula is C11H16N4O2. The summed E-state index contributed by atoms with van der Waals surface area (Å²) < 4.78 is 0. The Labute approximate surface area is 99.8 Å². The van der Waals surface area contributed by atoms with Gasteiger partial charge in [0.2, 0.25) is 5.91 Å². The van der Waals surface area contributed by atoms with Gasteiger partial charge in [0.1, 0.15) is 6.54 Å². The van der Waals surface area contributed by atoms with Gasteiger partial charge in [-0.3, -0.25) is 4.79 Å². The Morgan fingerprint density at radius 3 is 2.41 bits per heavy atom. The first-order valence-electron chi connectivity index (χ1n) is 5.11. The topological polar surface area (TPSA) is 87.5 Å². The van der Waals surface area contributed by atoms with Gasteiger partial charge in [0.15, 0.2) is 0 Å². The number of nitrogens with two attached hydrogens (primary N) is 1. The number of amides is 3. The molecule has 4 N–H and O–H groups in total. The zero-order chi connectivity index (χ0) is 12.8. The Bertz CT molecular complexity index is 402. The molecule has 0 atom stereocenters. The zero-order valence-electron chi connectivity index (χ0n) is 9.86. The third-order valence-corrected chi connectivity index (χ3v) is 2.17. The molecule has 6 heteroatoms. The van der Waals surface area contributed by atoms with Crippen LogP contribution in [0.15, 0.2) is 24.3 Å². The van der Waals surface area contributed by atoms with Crippen LogP contribution in [-0.2, 0) is 4.79 Å². The van der Waals surface area contributed by atoms with Gasteiger partial charge in [0.05, 0.1) is 0 Å². The van der Waals surface area contributed by atoms with Gasteiger partial charge in [0.25, 0.3) is 0 Å². The summed E-state index contributed by atoms with van der Waals surface area (Å²) in [5, 5.41) is 5.09. The lowest BCUT2D eigenvalue weighted by molar-refractivity contribution is -0.120. The minimum absolute atomic E-state index is 0.0112. The minimum atomic E-state index is -0.349. The maximum absolute atomic E-state index is 11.7. The Kier molecular flexibility index (Phi) is 4.33. The highest BCUT2D eigenvalue weighted by Gasteiger charge is 2.11. The highest BCUT2D eigenvalue weighted by molar-refractivity contribution is 5.92. The Hall–Kier alpha value is -2.24. The van der Waals surface area contributed by atoms with E-state index in [9.17, 15) is 9.59 Å². The summed E-state index contributed by atoms with van der Waals surface area (Å²) in [4.78, 5) is 24.0. The van der Waals surface area contributed by atoms with Gasteiger partial charge in [-0.15, -0.1) is 0 Å². The molecule has 0 aliphatic heterocycles. The molecule has 0 fully saturated rings. The summed E-state index contributed by atoms with van der Waals surface area (Å²) in [6.45, 7) is 0.0112. The van der Waals surface area contributed by atoms with E-state index in [4.69, 9.17) is 5.73 Å². The molecule has 1 aromatic carbocycles. The molecule has 0 aromatic heterocycles.